The fourth-order valence-electron chi connectivity index (χ4n) is 2.12. The summed E-state index contributed by atoms with van der Waals surface area (Å²) in [7, 11) is 0. The highest BCUT2D eigenvalue weighted by Crippen LogP contribution is 2.22. The van der Waals surface area contributed by atoms with Gasteiger partial charge in [-0.15, -0.1) is 0 Å². The molecule has 0 bridgehead atoms. The summed E-state index contributed by atoms with van der Waals surface area (Å²) in [5.74, 6) is 2.18. The lowest BCUT2D eigenvalue weighted by Gasteiger charge is -2.11. The summed E-state index contributed by atoms with van der Waals surface area (Å²) in [6.45, 7) is 7.44. The first-order valence-electron chi connectivity index (χ1n) is 7.46. The molecule has 2 rings (SSSR count). The number of halogens is 1. The van der Waals surface area contributed by atoms with Gasteiger partial charge in [-0.2, -0.15) is 0 Å². The lowest BCUT2D eigenvalue weighted by molar-refractivity contribution is 0.635. The van der Waals surface area contributed by atoms with Crippen molar-refractivity contribution in [3.8, 4) is 11.4 Å². The zero-order chi connectivity index (χ0) is 15.2. The van der Waals surface area contributed by atoms with Crippen molar-refractivity contribution in [2.45, 2.75) is 33.6 Å². The molecule has 0 radical (unpaired) electrons. The molecule has 0 aliphatic carbocycles. The molecule has 21 heavy (non-hydrogen) atoms. The molecular weight excluding hydrogens is 282 g/mol. The minimum Gasteiger partial charge on any atom is -0.370 e. The summed E-state index contributed by atoms with van der Waals surface area (Å²) in [4.78, 5) is 9.29. The standard InChI is InChI=1S/C17H22ClN3/c1-4-8-19-16-11-15(9-12(2)3)20-17(21-16)13-6-5-7-14(18)10-13/h5-7,10-12H,4,8-9H2,1-3H3,(H,19,20,21). The second-order valence-corrected chi connectivity index (χ2v) is 6.04. The zero-order valence-electron chi connectivity index (χ0n) is 12.9. The van der Waals surface area contributed by atoms with Crippen LogP contribution in [0.15, 0.2) is 30.3 Å². The molecule has 0 atom stereocenters. The molecule has 0 saturated carbocycles. The first-order chi connectivity index (χ1) is 10.1. The van der Waals surface area contributed by atoms with Gasteiger partial charge in [0.1, 0.15) is 5.82 Å². The largest absolute Gasteiger partial charge is 0.370 e. The van der Waals surface area contributed by atoms with E-state index in [0.29, 0.717) is 10.9 Å². The van der Waals surface area contributed by atoms with Gasteiger partial charge in [-0.3, -0.25) is 0 Å². The first kappa shape index (κ1) is 15.8. The average Bonchev–Trinajstić information content (AvgIpc) is 2.44. The van der Waals surface area contributed by atoms with E-state index in [2.05, 4.69) is 36.1 Å². The molecule has 0 aliphatic rings. The summed E-state index contributed by atoms with van der Waals surface area (Å²) in [5, 5.41) is 4.05. The number of nitrogens with one attached hydrogen (secondary N) is 1. The molecule has 112 valence electrons. The summed E-state index contributed by atoms with van der Waals surface area (Å²) < 4.78 is 0. The predicted octanol–water partition coefficient (Wildman–Crippen LogP) is 4.82. The molecule has 0 unspecified atom stereocenters. The Kier molecular flexibility index (Phi) is 5.57. The summed E-state index contributed by atoms with van der Waals surface area (Å²) in [6, 6.07) is 9.72. The Morgan fingerprint density at radius 3 is 2.67 bits per heavy atom. The van der Waals surface area contributed by atoms with Gasteiger partial charge in [0.25, 0.3) is 0 Å². The fourth-order valence-corrected chi connectivity index (χ4v) is 2.31. The highest BCUT2D eigenvalue weighted by atomic mass is 35.5. The van der Waals surface area contributed by atoms with E-state index in [1.165, 1.54) is 0 Å². The fraction of sp³-hybridized carbons (Fsp3) is 0.412. The van der Waals surface area contributed by atoms with E-state index in [4.69, 9.17) is 11.6 Å². The van der Waals surface area contributed by atoms with Gasteiger partial charge in [0.05, 0.1) is 0 Å². The number of hydrogen-bond acceptors (Lipinski definition) is 3. The zero-order valence-corrected chi connectivity index (χ0v) is 13.6. The molecule has 2 aromatic rings. The molecule has 0 fully saturated rings. The van der Waals surface area contributed by atoms with Gasteiger partial charge < -0.3 is 5.32 Å². The molecule has 4 heteroatoms. The molecule has 0 saturated heterocycles. The Hall–Kier alpha value is -1.61. The Balaban J connectivity index is 2.38. The van der Waals surface area contributed by atoms with Crippen LogP contribution in [0.5, 0.6) is 0 Å². The van der Waals surface area contributed by atoms with Crippen LogP contribution in [0.4, 0.5) is 5.82 Å². The van der Waals surface area contributed by atoms with Crippen molar-refractivity contribution in [2.24, 2.45) is 5.92 Å². The van der Waals surface area contributed by atoms with Gasteiger partial charge in [0.2, 0.25) is 0 Å². The third kappa shape index (κ3) is 4.71. The maximum atomic E-state index is 6.07. The van der Waals surface area contributed by atoms with Crippen molar-refractivity contribution >= 4 is 17.4 Å². The molecule has 0 amide bonds. The number of aromatic nitrogens is 2. The van der Waals surface area contributed by atoms with E-state index in [9.17, 15) is 0 Å². The molecule has 3 nitrogen and oxygen atoms in total. The Bertz CT molecular complexity index is 596. The van der Waals surface area contributed by atoms with Gasteiger partial charge in [0, 0.05) is 28.9 Å². The van der Waals surface area contributed by atoms with E-state index >= 15 is 0 Å². The van der Waals surface area contributed by atoms with Crippen LogP contribution in [-0.4, -0.2) is 16.5 Å². The monoisotopic (exact) mass is 303 g/mol. The number of rotatable bonds is 6. The van der Waals surface area contributed by atoms with Gasteiger partial charge in [0.15, 0.2) is 5.82 Å². The van der Waals surface area contributed by atoms with E-state index in [1.54, 1.807) is 0 Å². The highest BCUT2D eigenvalue weighted by Gasteiger charge is 2.08. The second-order valence-electron chi connectivity index (χ2n) is 5.60. The molecule has 1 aromatic carbocycles. The molecule has 0 spiro atoms. The lowest BCUT2D eigenvalue weighted by Crippen LogP contribution is -2.07. The van der Waals surface area contributed by atoms with Crippen LogP contribution in [0.25, 0.3) is 11.4 Å². The molecule has 1 aromatic heterocycles. The number of hydrogen-bond donors (Lipinski definition) is 1. The van der Waals surface area contributed by atoms with Crippen LogP contribution in [0.3, 0.4) is 0 Å². The van der Waals surface area contributed by atoms with E-state index < -0.39 is 0 Å². The normalized spacial score (nSPS) is 10.9. The van der Waals surface area contributed by atoms with Gasteiger partial charge in [-0.1, -0.05) is 44.5 Å². The SMILES string of the molecule is CCCNc1cc(CC(C)C)nc(-c2cccc(Cl)c2)n1. The van der Waals surface area contributed by atoms with Crippen molar-refractivity contribution in [3.63, 3.8) is 0 Å². The third-order valence-electron chi connectivity index (χ3n) is 3.04. The van der Waals surface area contributed by atoms with Crippen LogP contribution in [0.1, 0.15) is 32.9 Å². The number of anilines is 1. The highest BCUT2D eigenvalue weighted by molar-refractivity contribution is 6.30. The third-order valence-corrected chi connectivity index (χ3v) is 3.27. The van der Waals surface area contributed by atoms with Crippen LogP contribution < -0.4 is 5.32 Å². The van der Waals surface area contributed by atoms with Crippen molar-refractivity contribution in [1.29, 1.82) is 0 Å². The van der Waals surface area contributed by atoms with Crippen molar-refractivity contribution in [3.05, 3.63) is 41.0 Å². The van der Waals surface area contributed by atoms with E-state index in [-0.39, 0.29) is 0 Å². The first-order valence-corrected chi connectivity index (χ1v) is 7.84. The lowest BCUT2D eigenvalue weighted by atomic mass is 10.1. The Labute approximate surface area is 131 Å². The van der Waals surface area contributed by atoms with Crippen molar-refractivity contribution < 1.29 is 0 Å². The Morgan fingerprint density at radius 1 is 1.19 bits per heavy atom. The molecule has 1 N–H and O–H groups in total. The molecule has 0 aliphatic heterocycles. The van der Waals surface area contributed by atoms with Gasteiger partial charge >= 0.3 is 0 Å². The average molecular weight is 304 g/mol. The maximum absolute atomic E-state index is 6.07. The van der Waals surface area contributed by atoms with Crippen LogP contribution in [0.2, 0.25) is 5.02 Å². The second kappa shape index (κ2) is 7.41. The summed E-state index contributed by atoms with van der Waals surface area (Å²) >= 11 is 6.07. The molecule has 1 heterocycles. The number of nitrogens with zero attached hydrogens (tertiary/aromatic N) is 2. The van der Waals surface area contributed by atoms with Gasteiger partial charge in [-0.25, -0.2) is 9.97 Å². The smallest absolute Gasteiger partial charge is 0.161 e. The van der Waals surface area contributed by atoms with Crippen molar-refractivity contribution in [1.82, 2.24) is 9.97 Å². The predicted molar refractivity (Wildman–Crippen MR) is 89.8 cm³/mol. The summed E-state index contributed by atoms with van der Waals surface area (Å²) in [5.41, 5.74) is 2.02. The number of benzene rings is 1. The minimum atomic E-state index is 0.561. The van der Waals surface area contributed by atoms with Crippen LogP contribution >= 0.6 is 11.6 Å². The topological polar surface area (TPSA) is 37.8 Å². The quantitative estimate of drug-likeness (QED) is 0.831. The van der Waals surface area contributed by atoms with Crippen LogP contribution in [-0.2, 0) is 6.42 Å². The molecular formula is C17H22ClN3. The maximum Gasteiger partial charge on any atom is 0.161 e. The van der Waals surface area contributed by atoms with Crippen LogP contribution in [0, 0.1) is 5.92 Å². The van der Waals surface area contributed by atoms with E-state index in [0.717, 1.165) is 42.3 Å². The Morgan fingerprint density at radius 2 is 2.00 bits per heavy atom. The van der Waals surface area contributed by atoms with E-state index in [1.807, 2.05) is 30.3 Å². The van der Waals surface area contributed by atoms with Gasteiger partial charge in [-0.05, 0) is 30.9 Å². The van der Waals surface area contributed by atoms with Crippen molar-refractivity contribution in [2.75, 3.05) is 11.9 Å². The summed E-state index contributed by atoms with van der Waals surface area (Å²) in [6.07, 6.45) is 2.01. The minimum absolute atomic E-state index is 0.561.